The van der Waals surface area contributed by atoms with Crippen LogP contribution in [0.1, 0.15) is 24.9 Å². The number of aryl methyl sites for hydroxylation is 2. The van der Waals surface area contributed by atoms with Gasteiger partial charge in [0.15, 0.2) is 0 Å². The predicted octanol–water partition coefficient (Wildman–Crippen LogP) is 1.20. The molecule has 0 aliphatic heterocycles. The maximum absolute atomic E-state index is 11.3. The average Bonchev–Trinajstić information content (AvgIpc) is 2.94. The van der Waals surface area contributed by atoms with Gasteiger partial charge in [-0.05, 0) is 19.9 Å². The summed E-state index contributed by atoms with van der Waals surface area (Å²) < 4.78 is 3.37. The van der Waals surface area contributed by atoms with Crippen LogP contribution in [0.4, 0.5) is 5.69 Å². The highest BCUT2D eigenvalue weighted by atomic mass is 16.6. The Morgan fingerprint density at radius 3 is 2.85 bits per heavy atom. The number of hydrogen-bond acceptors (Lipinski definition) is 5. The van der Waals surface area contributed by atoms with Crippen molar-refractivity contribution in [1.29, 1.82) is 0 Å². The van der Waals surface area contributed by atoms with Crippen molar-refractivity contribution in [3.63, 3.8) is 0 Å². The van der Waals surface area contributed by atoms with E-state index in [1.165, 1.54) is 0 Å². The number of nitrogens with two attached hydrogens (primary N) is 1. The van der Waals surface area contributed by atoms with Crippen molar-refractivity contribution in [2.45, 2.75) is 33.2 Å². The Bertz CT molecular complexity index is 615. The van der Waals surface area contributed by atoms with E-state index in [-0.39, 0.29) is 5.69 Å². The third kappa shape index (κ3) is 2.42. The number of aromatic nitrogens is 4. The van der Waals surface area contributed by atoms with Crippen molar-refractivity contribution in [3.8, 4) is 5.82 Å². The fraction of sp³-hybridized carbons (Fsp3) is 0.500. The lowest BCUT2D eigenvalue weighted by molar-refractivity contribution is -0.385. The molecule has 0 saturated carbocycles. The van der Waals surface area contributed by atoms with E-state index in [0.29, 0.717) is 36.8 Å². The molecule has 2 aromatic heterocycles. The molecule has 2 N–H and O–H groups in total. The highest BCUT2D eigenvalue weighted by Gasteiger charge is 2.27. The minimum Gasteiger partial charge on any atom is -0.330 e. The zero-order valence-electron chi connectivity index (χ0n) is 11.6. The molecule has 0 saturated heterocycles. The molecule has 8 nitrogen and oxygen atoms in total. The van der Waals surface area contributed by atoms with Crippen molar-refractivity contribution in [2.24, 2.45) is 5.73 Å². The van der Waals surface area contributed by atoms with Gasteiger partial charge in [0.05, 0.1) is 4.92 Å². The van der Waals surface area contributed by atoms with Crippen molar-refractivity contribution in [3.05, 3.63) is 34.0 Å². The van der Waals surface area contributed by atoms with Gasteiger partial charge in [-0.15, -0.1) is 0 Å². The normalized spacial score (nSPS) is 10.9. The Labute approximate surface area is 116 Å². The smallest absolute Gasteiger partial charge is 0.330 e. The summed E-state index contributed by atoms with van der Waals surface area (Å²) in [5.74, 6) is 1.16. The molecule has 108 valence electrons. The first-order valence-electron chi connectivity index (χ1n) is 6.54. The van der Waals surface area contributed by atoms with Crippen LogP contribution in [0.5, 0.6) is 0 Å². The molecule has 0 aliphatic carbocycles. The predicted molar refractivity (Wildman–Crippen MR) is 73.8 cm³/mol. The van der Waals surface area contributed by atoms with Gasteiger partial charge in [0.1, 0.15) is 11.5 Å². The van der Waals surface area contributed by atoms with Crippen LogP contribution >= 0.6 is 0 Å². The number of hydrogen-bond donors (Lipinski definition) is 1. The third-order valence-corrected chi connectivity index (χ3v) is 3.00. The molecule has 0 unspecified atom stereocenters. The second kappa shape index (κ2) is 5.83. The van der Waals surface area contributed by atoms with Gasteiger partial charge in [0, 0.05) is 25.4 Å². The lowest BCUT2D eigenvalue weighted by Crippen LogP contribution is -2.13. The van der Waals surface area contributed by atoms with Crippen LogP contribution in [0.15, 0.2) is 12.4 Å². The second-order valence-electron chi connectivity index (χ2n) is 4.49. The fourth-order valence-electron chi connectivity index (χ4n) is 2.22. The SMILES string of the molecule is CCCn1nc(C)c([N+](=O)[O-])c1-n1ccnc1CCN. The molecule has 0 fully saturated rings. The summed E-state index contributed by atoms with van der Waals surface area (Å²) in [5.41, 5.74) is 5.99. The zero-order valence-corrected chi connectivity index (χ0v) is 11.6. The van der Waals surface area contributed by atoms with E-state index in [1.807, 2.05) is 6.92 Å². The van der Waals surface area contributed by atoms with E-state index in [0.717, 1.165) is 6.42 Å². The van der Waals surface area contributed by atoms with Crippen LogP contribution in [0.25, 0.3) is 5.82 Å². The van der Waals surface area contributed by atoms with Gasteiger partial charge in [-0.3, -0.25) is 14.7 Å². The number of nitro groups is 1. The molecule has 0 spiro atoms. The first kappa shape index (κ1) is 14.2. The summed E-state index contributed by atoms with van der Waals surface area (Å²) in [6.45, 7) is 4.70. The molecule has 0 aliphatic rings. The van der Waals surface area contributed by atoms with E-state index in [2.05, 4.69) is 10.1 Å². The summed E-state index contributed by atoms with van der Waals surface area (Å²) in [6.07, 6.45) is 4.72. The van der Waals surface area contributed by atoms with Gasteiger partial charge in [0.25, 0.3) is 0 Å². The molecular formula is C12H18N6O2. The lowest BCUT2D eigenvalue weighted by atomic mass is 10.3. The second-order valence-corrected chi connectivity index (χ2v) is 4.49. The first-order valence-corrected chi connectivity index (χ1v) is 6.54. The standard InChI is InChI=1S/C12H18N6O2/c1-3-7-17-12(11(18(19)20)9(2)15-17)16-8-6-14-10(16)4-5-13/h6,8H,3-5,7,13H2,1-2H3. The van der Waals surface area contributed by atoms with Crippen LogP contribution in [0.3, 0.4) is 0 Å². The molecule has 0 amide bonds. The Morgan fingerprint density at radius 2 is 2.25 bits per heavy atom. The van der Waals surface area contributed by atoms with Crippen molar-refractivity contribution in [1.82, 2.24) is 19.3 Å². The van der Waals surface area contributed by atoms with E-state index in [9.17, 15) is 10.1 Å². The number of rotatable bonds is 6. The summed E-state index contributed by atoms with van der Waals surface area (Å²) >= 11 is 0. The molecular weight excluding hydrogens is 260 g/mol. The van der Waals surface area contributed by atoms with Gasteiger partial charge in [-0.25, -0.2) is 9.67 Å². The van der Waals surface area contributed by atoms with Crippen LogP contribution < -0.4 is 5.73 Å². The number of imidazole rings is 1. The quantitative estimate of drug-likeness (QED) is 0.631. The highest BCUT2D eigenvalue weighted by molar-refractivity contribution is 5.52. The maximum atomic E-state index is 11.3. The number of nitrogens with zero attached hydrogens (tertiary/aromatic N) is 5. The van der Waals surface area contributed by atoms with Crippen molar-refractivity contribution < 1.29 is 4.92 Å². The third-order valence-electron chi connectivity index (χ3n) is 3.00. The average molecular weight is 278 g/mol. The van der Waals surface area contributed by atoms with Crippen molar-refractivity contribution >= 4 is 5.69 Å². The molecule has 20 heavy (non-hydrogen) atoms. The van der Waals surface area contributed by atoms with Gasteiger partial charge in [0.2, 0.25) is 5.82 Å². The van der Waals surface area contributed by atoms with Crippen molar-refractivity contribution in [2.75, 3.05) is 6.54 Å². The molecule has 2 aromatic rings. The first-order chi connectivity index (χ1) is 9.60. The van der Waals surface area contributed by atoms with E-state index >= 15 is 0 Å². The Balaban J connectivity index is 2.63. The fourth-order valence-corrected chi connectivity index (χ4v) is 2.22. The summed E-state index contributed by atoms with van der Waals surface area (Å²) in [4.78, 5) is 15.1. The van der Waals surface area contributed by atoms with E-state index in [4.69, 9.17) is 5.73 Å². The van der Waals surface area contributed by atoms with Crippen LogP contribution in [0, 0.1) is 17.0 Å². The highest BCUT2D eigenvalue weighted by Crippen LogP contribution is 2.27. The molecule has 2 rings (SSSR count). The molecule has 0 bridgehead atoms. The zero-order chi connectivity index (χ0) is 14.7. The Hall–Kier alpha value is -2.22. The maximum Gasteiger partial charge on any atom is 0.334 e. The van der Waals surface area contributed by atoms with Gasteiger partial charge in [-0.1, -0.05) is 6.92 Å². The van der Waals surface area contributed by atoms with Crippen LogP contribution in [-0.4, -0.2) is 30.8 Å². The van der Waals surface area contributed by atoms with Crippen LogP contribution in [-0.2, 0) is 13.0 Å². The topological polar surface area (TPSA) is 105 Å². The molecule has 8 heteroatoms. The van der Waals surface area contributed by atoms with Crippen LogP contribution in [0.2, 0.25) is 0 Å². The van der Waals surface area contributed by atoms with Gasteiger partial charge < -0.3 is 5.73 Å². The van der Waals surface area contributed by atoms with Gasteiger partial charge in [-0.2, -0.15) is 5.10 Å². The monoisotopic (exact) mass is 278 g/mol. The Kier molecular flexibility index (Phi) is 4.14. The van der Waals surface area contributed by atoms with E-state index < -0.39 is 4.92 Å². The van der Waals surface area contributed by atoms with Gasteiger partial charge >= 0.3 is 5.69 Å². The largest absolute Gasteiger partial charge is 0.334 e. The summed E-state index contributed by atoms with van der Waals surface area (Å²) in [5, 5.41) is 15.6. The molecule has 0 radical (unpaired) electrons. The summed E-state index contributed by atoms with van der Waals surface area (Å²) in [6, 6.07) is 0. The minimum absolute atomic E-state index is 0.0229. The Morgan fingerprint density at radius 1 is 1.50 bits per heavy atom. The van der Waals surface area contributed by atoms with E-state index in [1.54, 1.807) is 28.6 Å². The summed E-state index contributed by atoms with van der Waals surface area (Å²) in [7, 11) is 0. The molecule has 0 atom stereocenters. The lowest BCUT2D eigenvalue weighted by Gasteiger charge is -2.09. The minimum atomic E-state index is -0.393. The molecule has 2 heterocycles. The molecule has 0 aromatic carbocycles.